The van der Waals surface area contributed by atoms with Crippen molar-refractivity contribution in [2.45, 2.75) is 83.3 Å². The maximum Gasteiger partial charge on any atom is 0.171 e. The molecule has 0 aromatic carbocycles. The van der Waals surface area contributed by atoms with Crippen molar-refractivity contribution in [1.29, 1.82) is 0 Å². The predicted octanol–water partition coefficient (Wildman–Crippen LogP) is 5.08. The Balaban J connectivity index is 1.60. The fraction of sp³-hybridized carbons (Fsp3) is 0.913. The van der Waals surface area contributed by atoms with Crippen molar-refractivity contribution in [3.63, 3.8) is 0 Å². The van der Waals surface area contributed by atoms with Gasteiger partial charge in [-0.05, 0) is 80.5 Å². The molecule has 26 heavy (non-hydrogen) atoms. The third kappa shape index (κ3) is 2.72. The van der Waals surface area contributed by atoms with Gasteiger partial charge in [-0.3, -0.25) is 0 Å². The summed E-state index contributed by atoms with van der Waals surface area (Å²) in [7, 11) is 3.60. The summed E-state index contributed by atoms with van der Waals surface area (Å²) in [6.45, 7) is 2.74. The topological polar surface area (TPSA) is 38.7 Å². The number of allylic oxidation sites excluding steroid dienone is 1. The molecule has 4 aliphatic rings. The quantitative estimate of drug-likeness (QED) is 0.547. The summed E-state index contributed by atoms with van der Waals surface area (Å²) >= 11 is 0. The average molecular weight is 363 g/mol. The molecule has 0 heterocycles. The monoisotopic (exact) mass is 362 g/mol. The van der Waals surface area contributed by atoms with Crippen LogP contribution in [0, 0.1) is 29.1 Å². The Bertz CT molecular complexity index is 550. The van der Waals surface area contributed by atoms with Crippen molar-refractivity contribution in [3.05, 3.63) is 11.1 Å². The van der Waals surface area contributed by atoms with Crippen molar-refractivity contribution in [2.24, 2.45) is 29.1 Å². The normalized spacial score (nSPS) is 41.5. The highest BCUT2D eigenvalue weighted by Gasteiger charge is 2.57. The largest absolute Gasteiger partial charge is 0.396 e. The van der Waals surface area contributed by atoms with Crippen LogP contribution in [-0.4, -0.2) is 31.7 Å². The van der Waals surface area contributed by atoms with Gasteiger partial charge in [0, 0.05) is 33.7 Å². The first-order valence-corrected chi connectivity index (χ1v) is 11.0. The molecule has 0 amide bonds. The zero-order chi connectivity index (χ0) is 18.4. The molecule has 3 heteroatoms. The molecule has 0 aliphatic heterocycles. The van der Waals surface area contributed by atoms with Gasteiger partial charge < -0.3 is 14.6 Å². The van der Waals surface area contributed by atoms with Crippen molar-refractivity contribution in [2.75, 3.05) is 20.8 Å². The number of hydrogen-bond acceptors (Lipinski definition) is 3. The van der Waals surface area contributed by atoms with E-state index in [2.05, 4.69) is 6.92 Å². The van der Waals surface area contributed by atoms with Gasteiger partial charge in [0.15, 0.2) is 5.79 Å². The van der Waals surface area contributed by atoms with Crippen LogP contribution in [0.2, 0.25) is 0 Å². The molecule has 3 nitrogen and oxygen atoms in total. The molecule has 0 aromatic heterocycles. The molecular formula is C23H38O3. The standard InChI is InChI=1S/C23H38O3/c1-4-11-22-12-9-19-18-10-13-23(25-2,26-3)14-16(18)5-7-20(19)21(22)8-6-17(22)15-24/h17,19-21,24H,4-15H2,1-3H3/t17?,19-,20-,21+,22-/m1/s1. The Morgan fingerprint density at radius 1 is 1.04 bits per heavy atom. The maximum absolute atomic E-state index is 10.1. The van der Waals surface area contributed by atoms with E-state index in [1.54, 1.807) is 25.4 Å². The summed E-state index contributed by atoms with van der Waals surface area (Å²) in [4.78, 5) is 0. The SMILES string of the molecule is CCC[C@]12CC[C@@H]3C4=C(CC[C@H]3[C@@H]1CCC2CO)CC(OC)(OC)CC4. The molecule has 148 valence electrons. The number of aliphatic hydroxyl groups is 1. The molecule has 0 spiro atoms. The summed E-state index contributed by atoms with van der Waals surface area (Å²) in [6.07, 6.45) is 13.6. The fourth-order valence-corrected chi connectivity index (χ4v) is 7.79. The smallest absolute Gasteiger partial charge is 0.171 e. The Morgan fingerprint density at radius 2 is 1.85 bits per heavy atom. The van der Waals surface area contributed by atoms with Crippen LogP contribution in [0.15, 0.2) is 11.1 Å². The van der Waals surface area contributed by atoms with Gasteiger partial charge in [0.1, 0.15) is 0 Å². The highest BCUT2D eigenvalue weighted by Crippen LogP contribution is 2.65. The third-order valence-electron chi connectivity index (χ3n) is 8.95. The molecule has 4 rings (SSSR count). The lowest BCUT2D eigenvalue weighted by Gasteiger charge is -2.54. The predicted molar refractivity (Wildman–Crippen MR) is 104 cm³/mol. The van der Waals surface area contributed by atoms with Crippen molar-refractivity contribution in [1.82, 2.24) is 0 Å². The summed E-state index contributed by atoms with van der Waals surface area (Å²) in [5, 5.41) is 10.1. The lowest BCUT2D eigenvalue weighted by molar-refractivity contribution is -0.213. The van der Waals surface area contributed by atoms with Crippen LogP contribution in [0.25, 0.3) is 0 Å². The molecule has 2 fully saturated rings. The van der Waals surface area contributed by atoms with E-state index in [1.807, 2.05) is 0 Å². The summed E-state index contributed by atoms with van der Waals surface area (Å²) < 4.78 is 11.5. The van der Waals surface area contributed by atoms with E-state index in [9.17, 15) is 5.11 Å². The van der Waals surface area contributed by atoms with E-state index < -0.39 is 0 Å². The van der Waals surface area contributed by atoms with Gasteiger partial charge in [-0.15, -0.1) is 0 Å². The summed E-state index contributed by atoms with van der Waals surface area (Å²) in [5.74, 6) is 2.71. The van der Waals surface area contributed by atoms with Crippen LogP contribution < -0.4 is 0 Å². The molecule has 1 unspecified atom stereocenters. The second kappa shape index (κ2) is 7.22. The van der Waals surface area contributed by atoms with Crippen LogP contribution in [-0.2, 0) is 9.47 Å². The minimum atomic E-state index is -0.373. The molecule has 0 aromatic rings. The van der Waals surface area contributed by atoms with Gasteiger partial charge in [0.2, 0.25) is 0 Å². The molecule has 0 saturated heterocycles. The van der Waals surface area contributed by atoms with Gasteiger partial charge in [-0.2, -0.15) is 0 Å². The lowest BCUT2D eigenvalue weighted by Crippen LogP contribution is -2.47. The third-order valence-corrected chi connectivity index (χ3v) is 8.95. The number of ether oxygens (including phenoxy) is 2. The van der Waals surface area contributed by atoms with Gasteiger partial charge in [0.25, 0.3) is 0 Å². The van der Waals surface area contributed by atoms with E-state index in [4.69, 9.17) is 9.47 Å². The van der Waals surface area contributed by atoms with Gasteiger partial charge in [-0.1, -0.05) is 24.5 Å². The number of hydrogen-bond donors (Lipinski definition) is 1. The minimum Gasteiger partial charge on any atom is -0.396 e. The lowest BCUT2D eigenvalue weighted by atomic mass is 9.51. The van der Waals surface area contributed by atoms with Gasteiger partial charge >= 0.3 is 0 Å². The first-order valence-electron chi connectivity index (χ1n) is 11.0. The molecule has 2 saturated carbocycles. The van der Waals surface area contributed by atoms with Crippen molar-refractivity contribution < 1.29 is 14.6 Å². The van der Waals surface area contributed by atoms with E-state index in [-0.39, 0.29) is 5.79 Å². The highest BCUT2D eigenvalue weighted by atomic mass is 16.7. The van der Waals surface area contributed by atoms with Crippen LogP contribution in [0.1, 0.15) is 77.6 Å². The molecule has 4 aliphatic carbocycles. The number of rotatable bonds is 5. The Labute approximate surface area is 159 Å². The molecule has 5 atom stereocenters. The summed E-state index contributed by atoms with van der Waals surface area (Å²) in [5.41, 5.74) is 3.88. The highest BCUT2D eigenvalue weighted by molar-refractivity contribution is 5.28. The number of methoxy groups -OCH3 is 2. The second-order valence-electron chi connectivity index (χ2n) is 9.52. The number of aliphatic hydroxyl groups excluding tert-OH is 1. The zero-order valence-corrected chi connectivity index (χ0v) is 17.1. The molecule has 0 radical (unpaired) electrons. The van der Waals surface area contributed by atoms with Crippen LogP contribution in [0.4, 0.5) is 0 Å². The van der Waals surface area contributed by atoms with Crippen LogP contribution in [0.3, 0.4) is 0 Å². The Hall–Kier alpha value is -0.380. The first-order chi connectivity index (χ1) is 12.6. The van der Waals surface area contributed by atoms with E-state index >= 15 is 0 Å². The van der Waals surface area contributed by atoms with Gasteiger partial charge in [0.05, 0.1) is 0 Å². The maximum atomic E-state index is 10.1. The van der Waals surface area contributed by atoms with Crippen LogP contribution >= 0.6 is 0 Å². The molecular weight excluding hydrogens is 324 g/mol. The first kappa shape index (κ1) is 19.0. The van der Waals surface area contributed by atoms with Crippen LogP contribution in [0.5, 0.6) is 0 Å². The molecule has 1 N–H and O–H groups in total. The fourth-order valence-electron chi connectivity index (χ4n) is 7.79. The number of fused-ring (bicyclic) bond motifs is 4. The van der Waals surface area contributed by atoms with E-state index in [0.29, 0.717) is 17.9 Å². The summed E-state index contributed by atoms with van der Waals surface area (Å²) in [6, 6.07) is 0. The van der Waals surface area contributed by atoms with Crippen molar-refractivity contribution >= 4 is 0 Å². The molecule has 0 bridgehead atoms. The van der Waals surface area contributed by atoms with E-state index in [1.165, 1.54) is 51.4 Å². The van der Waals surface area contributed by atoms with Crippen molar-refractivity contribution in [3.8, 4) is 0 Å². The Morgan fingerprint density at radius 3 is 2.54 bits per heavy atom. The zero-order valence-electron chi connectivity index (χ0n) is 17.1. The van der Waals surface area contributed by atoms with E-state index in [0.717, 1.165) is 37.0 Å². The Kier molecular flexibility index (Phi) is 5.26. The minimum absolute atomic E-state index is 0.373. The average Bonchev–Trinajstić information content (AvgIpc) is 3.05. The second-order valence-corrected chi connectivity index (χ2v) is 9.52. The van der Waals surface area contributed by atoms with Gasteiger partial charge in [-0.25, -0.2) is 0 Å².